The largest absolute Gasteiger partial charge is 0.382 e. The lowest BCUT2D eigenvalue weighted by Gasteiger charge is -2.15. The molecule has 1 aromatic carbocycles. The van der Waals surface area contributed by atoms with Gasteiger partial charge in [0.05, 0.1) is 6.04 Å². The van der Waals surface area contributed by atoms with Crippen molar-refractivity contribution in [3.63, 3.8) is 0 Å². The van der Waals surface area contributed by atoms with Crippen molar-refractivity contribution < 1.29 is 4.79 Å². The molecule has 1 aliphatic heterocycles. The summed E-state index contributed by atoms with van der Waals surface area (Å²) >= 11 is 0. The van der Waals surface area contributed by atoms with Gasteiger partial charge in [-0.05, 0) is 50.4 Å². The van der Waals surface area contributed by atoms with Gasteiger partial charge in [-0.3, -0.25) is 4.79 Å². The van der Waals surface area contributed by atoms with Gasteiger partial charge in [0.2, 0.25) is 5.91 Å². The number of carbonyl (C=O) groups is 1. The van der Waals surface area contributed by atoms with E-state index in [0.717, 1.165) is 30.8 Å². The van der Waals surface area contributed by atoms with Crippen LogP contribution in [0.4, 0.5) is 11.4 Å². The quantitative estimate of drug-likeness (QED) is 0.801. The van der Waals surface area contributed by atoms with Gasteiger partial charge < -0.3 is 16.0 Å². The standard InChI is InChI=1S/C16H23N3O.ClH/c20-16(15-9-4-10-17-15)19-14-8-3-7-13(11-14)18-12-5-1-2-6-12;/h3,7-8,11-12,15,17-18H,1-2,4-6,9-10H2,(H,19,20);1H. The Labute approximate surface area is 132 Å². The third-order valence-electron chi connectivity index (χ3n) is 4.23. The first-order valence-corrected chi connectivity index (χ1v) is 7.72. The molecule has 21 heavy (non-hydrogen) atoms. The zero-order chi connectivity index (χ0) is 13.8. The third kappa shape index (κ3) is 4.35. The summed E-state index contributed by atoms with van der Waals surface area (Å²) in [6.45, 7) is 0.946. The lowest BCUT2D eigenvalue weighted by atomic mass is 10.2. The molecule has 1 aliphatic carbocycles. The van der Waals surface area contributed by atoms with Gasteiger partial charge in [0, 0.05) is 17.4 Å². The van der Waals surface area contributed by atoms with Crippen LogP contribution in [0.15, 0.2) is 24.3 Å². The lowest BCUT2D eigenvalue weighted by molar-refractivity contribution is -0.117. The van der Waals surface area contributed by atoms with E-state index in [-0.39, 0.29) is 24.4 Å². The Morgan fingerprint density at radius 2 is 1.86 bits per heavy atom. The van der Waals surface area contributed by atoms with Crippen molar-refractivity contribution in [3.8, 4) is 0 Å². The van der Waals surface area contributed by atoms with E-state index in [1.165, 1.54) is 25.7 Å². The van der Waals surface area contributed by atoms with E-state index in [1.54, 1.807) is 0 Å². The van der Waals surface area contributed by atoms with Gasteiger partial charge >= 0.3 is 0 Å². The molecule has 0 radical (unpaired) electrons. The topological polar surface area (TPSA) is 53.2 Å². The molecule has 5 heteroatoms. The van der Waals surface area contributed by atoms with E-state index in [0.29, 0.717) is 6.04 Å². The van der Waals surface area contributed by atoms with E-state index >= 15 is 0 Å². The van der Waals surface area contributed by atoms with E-state index in [1.807, 2.05) is 18.2 Å². The Morgan fingerprint density at radius 3 is 2.57 bits per heavy atom. The summed E-state index contributed by atoms with van der Waals surface area (Å²) in [6.07, 6.45) is 7.17. The van der Waals surface area contributed by atoms with E-state index in [2.05, 4.69) is 22.0 Å². The summed E-state index contributed by atoms with van der Waals surface area (Å²) in [6, 6.07) is 8.62. The molecule has 116 valence electrons. The van der Waals surface area contributed by atoms with Crippen LogP contribution in [0.1, 0.15) is 38.5 Å². The monoisotopic (exact) mass is 309 g/mol. The minimum absolute atomic E-state index is 0. The second-order valence-electron chi connectivity index (χ2n) is 5.84. The van der Waals surface area contributed by atoms with Crippen LogP contribution in [0.2, 0.25) is 0 Å². The van der Waals surface area contributed by atoms with Gasteiger partial charge in [0.1, 0.15) is 0 Å². The Hall–Kier alpha value is -1.26. The van der Waals surface area contributed by atoms with Crippen molar-refractivity contribution in [2.45, 2.75) is 50.6 Å². The molecule has 3 rings (SSSR count). The highest BCUT2D eigenvalue weighted by molar-refractivity contribution is 5.95. The zero-order valence-electron chi connectivity index (χ0n) is 12.2. The first-order chi connectivity index (χ1) is 9.81. The fourth-order valence-corrected chi connectivity index (χ4v) is 3.13. The van der Waals surface area contributed by atoms with Gasteiger partial charge in [-0.1, -0.05) is 18.9 Å². The van der Waals surface area contributed by atoms with Gasteiger partial charge in [0.15, 0.2) is 0 Å². The molecule has 1 saturated heterocycles. The maximum Gasteiger partial charge on any atom is 0.241 e. The summed E-state index contributed by atoms with van der Waals surface area (Å²) in [5.74, 6) is 0.0838. The molecule has 1 heterocycles. The molecule has 1 amide bonds. The smallest absolute Gasteiger partial charge is 0.241 e. The number of amides is 1. The Kier molecular flexibility index (Phi) is 5.88. The highest BCUT2D eigenvalue weighted by Gasteiger charge is 2.22. The molecule has 0 bridgehead atoms. The van der Waals surface area contributed by atoms with Crippen LogP contribution in [0.5, 0.6) is 0 Å². The van der Waals surface area contributed by atoms with Crippen LogP contribution in [0, 0.1) is 0 Å². The molecule has 2 fully saturated rings. The number of hydrogen-bond donors (Lipinski definition) is 3. The number of benzene rings is 1. The molecule has 1 saturated carbocycles. The van der Waals surface area contributed by atoms with Crippen LogP contribution in [0.25, 0.3) is 0 Å². The van der Waals surface area contributed by atoms with Crippen LogP contribution in [-0.2, 0) is 4.79 Å². The molecule has 1 aromatic rings. The first-order valence-electron chi connectivity index (χ1n) is 7.72. The van der Waals surface area contributed by atoms with Gasteiger partial charge in [-0.15, -0.1) is 12.4 Å². The molecule has 4 nitrogen and oxygen atoms in total. The van der Waals surface area contributed by atoms with Crippen molar-refractivity contribution >= 4 is 29.7 Å². The van der Waals surface area contributed by atoms with Crippen molar-refractivity contribution in [1.29, 1.82) is 0 Å². The number of halogens is 1. The number of rotatable bonds is 4. The fraction of sp³-hybridized carbons (Fsp3) is 0.562. The predicted octanol–water partition coefficient (Wildman–Crippen LogP) is 3.15. The molecule has 0 spiro atoms. The third-order valence-corrected chi connectivity index (χ3v) is 4.23. The van der Waals surface area contributed by atoms with E-state index in [4.69, 9.17) is 0 Å². The number of carbonyl (C=O) groups excluding carboxylic acids is 1. The fourth-order valence-electron chi connectivity index (χ4n) is 3.13. The van der Waals surface area contributed by atoms with Crippen molar-refractivity contribution in [2.75, 3.05) is 17.2 Å². The zero-order valence-corrected chi connectivity index (χ0v) is 13.0. The highest BCUT2D eigenvalue weighted by Crippen LogP contribution is 2.24. The molecular weight excluding hydrogens is 286 g/mol. The second kappa shape index (κ2) is 7.66. The van der Waals surface area contributed by atoms with Crippen molar-refractivity contribution in [3.05, 3.63) is 24.3 Å². The Morgan fingerprint density at radius 1 is 1.10 bits per heavy atom. The van der Waals surface area contributed by atoms with Crippen LogP contribution >= 0.6 is 12.4 Å². The average molecular weight is 310 g/mol. The highest BCUT2D eigenvalue weighted by atomic mass is 35.5. The van der Waals surface area contributed by atoms with Crippen LogP contribution in [0.3, 0.4) is 0 Å². The SMILES string of the molecule is Cl.O=C(Nc1cccc(NC2CCCC2)c1)C1CCCN1. The van der Waals surface area contributed by atoms with Gasteiger partial charge in [-0.2, -0.15) is 0 Å². The number of hydrogen-bond acceptors (Lipinski definition) is 3. The summed E-state index contributed by atoms with van der Waals surface area (Å²) < 4.78 is 0. The lowest BCUT2D eigenvalue weighted by Crippen LogP contribution is -2.35. The maximum atomic E-state index is 12.1. The molecule has 2 aliphatic rings. The van der Waals surface area contributed by atoms with Crippen molar-refractivity contribution in [1.82, 2.24) is 5.32 Å². The van der Waals surface area contributed by atoms with Crippen LogP contribution < -0.4 is 16.0 Å². The first kappa shape index (κ1) is 16.1. The molecule has 1 atom stereocenters. The van der Waals surface area contributed by atoms with E-state index in [9.17, 15) is 4.79 Å². The van der Waals surface area contributed by atoms with Gasteiger partial charge in [-0.25, -0.2) is 0 Å². The maximum absolute atomic E-state index is 12.1. The Bertz CT molecular complexity index is 468. The number of nitrogens with one attached hydrogen (secondary N) is 3. The molecule has 0 aromatic heterocycles. The number of anilines is 2. The molecule has 3 N–H and O–H groups in total. The summed E-state index contributed by atoms with van der Waals surface area (Å²) in [5, 5.41) is 9.79. The van der Waals surface area contributed by atoms with Gasteiger partial charge in [0.25, 0.3) is 0 Å². The minimum atomic E-state index is -0.0264. The normalized spacial score (nSPS) is 21.8. The predicted molar refractivity (Wildman–Crippen MR) is 89.2 cm³/mol. The minimum Gasteiger partial charge on any atom is -0.382 e. The summed E-state index contributed by atoms with van der Waals surface area (Å²) in [7, 11) is 0. The molecular formula is C16H24ClN3O. The molecule has 1 unspecified atom stereocenters. The summed E-state index contributed by atoms with van der Waals surface area (Å²) in [5.41, 5.74) is 1.99. The van der Waals surface area contributed by atoms with E-state index < -0.39 is 0 Å². The second-order valence-corrected chi connectivity index (χ2v) is 5.84. The Balaban J connectivity index is 0.00000161. The summed E-state index contributed by atoms with van der Waals surface area (Å²) in [4.78, 5) is 12.1. The van der Waals surface area contributed by atoms with Crippen LogP contribution in [-0.4, -0.2) is 24.5 Å². The average Bonchev–Trinajstić information content (AvgIpc) is 3.12. The van der Waals surface area contributed by atoms with Crippen molar-refractivity contribution in [2.24, 2.45) is 0 Å².